The minimum absolute atomic E-state index is 0.130. The fourth-order valence-corrected chi connectivity index (χ4v) is 5.71. The van der Waals surface area contributed by atoms with Crippen LogP contribution in [0.1, 0.15) is 24.8 Å². The van der Waals surface area contributed by atoms with Gasteiger partial charge in [-0.05, 0) is 86.7 Å². The minimum atomic E-state index is -3.78. The van der Waals surface area contributed by atoms with Gasteiger partial charge < -0.3 is 25.6 Å². The summed E-state index contributed by atoms with van der Waals surface area (Å²) in [6, 6.07) is 12.4. The first kappa shape index (κ1) is 25.8. The quantitative estimate of drug-likeness (QED) is 0.380. The molecule has 10 heteroatoms. The zero-order chi connectivity index (χ0) is 24.6. The van der Waals surface area contributed by atoms with Crippen LogP contribution >= 0.6 is 0 Å². The molecule has 0 aliphatic carbocycles. The molecule has 34 heavy (non-hydrogen) atoms. The molecule has 0 radical (unpaired) electrons. The van der Waals surface area contributed by atoms with Crippen molar-refractivity contribution in [3.8, 4) is 11.5 Å². The maximum Gasteiger partial charge on any atom is 0.404 e. The van der Waals surface area contributed by atoms with Crippen LogP contribution in [0.4, 0.5) is 4.79 Å². The molecule has 1 amide bonds. The highest BCUT2D eigenvalue weighted by Crippen LogP contribution is 2.24. The number of rotatable bonds is 11. The molecule has 1 atom stereocenters. The van der Waals surface area contributed by atoms with Gasteiger partial charge in [0.05, 0.1) is 12.0 Å². The minimum Gasteiger partial charge on any atom is -0.508 e. The molecule has 1 aliphatic rings. The Bertz CT molecular complexity index is 1020. The maximum atomic E-state index is 13.5. The number of piperidine rings is 1. The third-order valence-electron chi connectivity index (χ3n) is 6.09. The Balaban J connectivity index is 1.78. The Morgan fingerprint density at radius 1 is 1.15 bits per heavy atom. The highest BCUT2D eigenvalue weighted by Gasteiger charge is 2.29. The molecule has 1 heterocycles. The number of carbonyl (C=O) groups is 1. The van der Waals surface area contributed by atoms with Gasteiger partial charge in [0.1, 0.15) is 11.5 Å². The number of carboxylic acid groups (broad SMARTS) is 1. The van der Waals surface area contributed by atoms with E-state index in [4.69, 9.17) is 4.74 Å². The van der Waals surface area contributed by atoms with E-state index in [0.717, 1.165) is 31.5 Å². The Hall–Kier alpha value is -2.82. The van der Waals surface area contributed by atoms with E-state index in [9.17, 15) is 23.4 Å². The lowest BCUT2D eigenvalue weighted by Gasteiger charge is -2.30. The number of methoxy groups -OCH3 is 1. The van der Waals surface area contributed by atoms with Gasteiger partial charge in [0.25, 0.3) is 0 Å². The van der Waals surface area contributed by atoms with Crippen LogP contribution < -0.4 is 15.4 Å². The number of benzene rings is 2. The van der Waals surface area contributed by atoms with Gasteiger partial charge in [0, 0.05) is 19.1 Å². The Labute approximate surface area is 200 Å². The van der Waals surface area contributed by atoms with Crippen molar-refractivity contribution < 1.29 is 28.2 Å². The number of nitrogens with one attached hydrogen (secondary N) is 2. The van der Waals surface area contributed by atoms with Gasteiger partial charge in [-0.15, -0.1) is 0 Å². The highest BCUT2D eigenvalue weighted by molar-refractivity contribution is 7.89. The summed E-state index contributed by atoms with van der Waals surface area (Å²) in [5, 5.41) is 24.6. The number of phenolic OH excluding ortho intramolecular Hbond substituents is 1. The van der Waals surface area contributed by atoms with E-state index >= 15 is 0 Å². The van der Waals surface area contributed by atoms with Crippen molar-refractivity contribution in [2.45, 2.75) is 36.6 Å². The van der Waals surface area contributed by atoms with E-state index in [1.165, 1.54) is 23.5 Å². The predicted molar refractivity (Wildman–Crippen MR) is 129 cm³/mol. The number of nitrogens with zero attached hydrogens (tertiary/aromatic N) is 1. The van der Waals surface area contributed by atoms with Gasteiger partial charge in [-0.1, -0.05) is 12.1 Å². The lowest BCUT2D eigenvalue weighted by atomic mass is 9.98. The number of aromatic hydroxyl groups is 1. The third-order valence-corrected chi connectivity index (χ3v) is 7.97. The topological polar surface area (TPSA) is 128 Å². The monoisotopic (exact) mass is 491 g/mol. The molecule has 1 saturated heterocycles. The van der Waals surface area contributed by atoms with Gasteiger partial charge in [-0.2, -0.15) is 4.31 Å². The molecule has 0 saturated carbocycles. The van der Waals surface area contributed by atoms with E-state index in [1.807, 2.05) is 0 Å². The van der Waals surface area contributed by atoms with Gasteiger partial charge in [-0.25, -0.2) is 13.2 Å². The first-order chi connectivity index (χ1) is 16.3. The van der Waals surface area contributed by atoms with Crippen LogP contribution in [0.15, 0.2) is 53.4 Å². The Kier molecular flexibility index (Phi) is 9.14. The van der Waals surface area contributed by atoms with Crippen molar-refractivity contribution >= 4 is 16.1 Å². The Morgan fingerprint density at radius 3 is 2.38 bits per heavy atom. The van der Waals surface area contributed by atoms with Crippen LogP contribution in [0.25, 0.3) is 0 Å². The molecular formula is C24H33N3O6S. The fraction of sp³-hybridized carbons (Fsp3) is 0.458. The molecule has 2 aromatic carbocycles. The van der Waals surface area contributed by atoms with Crippen LogP contribution in [0.5, 0.6) is 11.5 Å². The lowest BCUT2D eigenvalue weighted by molar-refractivity contribution is 0.187. The maximum absolute atomic E-state index is 13.5. The molecule has 0 bridgehead atoms. The summed E-state index contributed by atoms with van der Waals surface area (Å²) in [5.74, 6) is 0.936. The summed E-state index contributed by atoms with van der Waals surface area (Å²) in [4.78, 5) is 11.6. The molecule has 1 aliphatic heterocycles. The second-order valence-corrected chi connectivity index (χ2v) is 10.5. The first-order valence-corrected chi connectivity index (χ1v) is 12.8. The van der Waals surface area contributed by atoms with Crippen molar-refractivity contribution in [2.24, 2.45) is 5.92 Å². The standard InChI is InChI=1S/C24H33N3O6S/c1-33-22-6-8-23(9-7-22)34(31,32)27(17-19-10-13-25-14-11-19)15-12-20(26-24(29)30)16-18-2-4-21(28)5-3-18/h2-9,19-20,25-26,28H,10-17H2,1H3,(H,29,30)/t20-/m1/s1. The molecule has 3 rings (SSSR count). The van der Waals surface area contributed by atoms with Crippen LogP contribution in [0, 0.1) is 5.92 Å². The number of amides is 1. The van der Waals surface area contributed by atoms with E-state index in [1.54, 1.807) is 36.4 Å². The largest absolute Gasteiger partial charge is 0.508 e. The second-order valence-electron chi connectivity index (χ2n) is 8.54. The zero-order valence-corrected chi connectivity index (χ0v) is 20.1. The van der Waals surface area contributed by atoms with Crippen molar-refractivity contribution in [3.05, 3.63) is 54.1 Å². The number of sulfonamides is 1. The fourth-order valence-electron chi connectivity index (χ4n) is 4.17. The number of phenols is 1. The average molecular weight is 492 g/mol. The molecule has 0 unspecified atom stereocenters. The van der Waals surface area contributed by atoms with Crippen molar-refractivity contribution in [3.63, 3.8) is 0 Å². The highest BCUT2D eigenvalue weighted by atomic mass is 32.2. The van der Waals surface area contributed by atoms with E-state index in [0.29, 0.717) is 25.1 Å². The average Bonchev–Trinajstić information content (AvgIpc) is 2.83. The second kappa shape index (κ2) is 12.0. The van der Waals surface area contributed by atoms with Crippen molar-refractivity contribution in [2.75, 3.05) is 33.3 Å². The SMILES string of the molecule is COc1ccc(S(=O)(=O)N(CC[C@H](Cc2ccc(O)cc2)NC(=O)O)CC2CCNCC2)cc1. The molecule has 1 fully saturated rings. The zero-order valence-electron chi connectivity index (χ0n) is 19.3. The van der Waals surface area contributed by atoms with Crippen molar-refractivity contribution in [1.29, 1.82) is 0 Å². The summed E-state index contributed by atoms with van der Waals surface area (Å²) >= 11 is 0. The first-order valence-electron chi connectivity index (χ1n) is 11.4. The molecule has 0 spiro atoms. The van der Waals surface area contributed by atoms with Crippen LogP contribution in [0.3, 0.4) is 0 Å². The molecule has 9 nitrogen and oxygen atoms in total. The molecule has 0 aromatic heterocycles. The van der Waals surface area contributed by atoms with Crippen molar-refractivity contribution in [1.82, 2.24) is 14.9 Å². The molecular weight excluding hydrogens is 458 g/mol. The summed E-state index contributed by atoms with van der Waals surface area (Å²) in [5.41, 5.74) is 0.847. The predicted octanol–water partition coefficient (Wildman–Crippen LogP) is 2.66. The van der Waals surface area contributed by atoms with Crippen LogP contribution in [-0.2, 0) is 16.4 Å². The van der Waals surface area contributed by atoms with Crippen LogP contribution in [-0.4, -0.2) is 68.4 Å². The van der Waals surface area contributed by atoms with Gasteiger partial charge in [0.2, 0.25) is 10.0 Å². The van der Waals surface area contributed by atoms with E-state index < -0.39 is 22.2 Å². The van der Waals surface area contributed by atoms with Crippen LogP contribution in [0.2, 0.25) is 0 Å². The van der Waals surface area contributed by atoms with E-state index in [-0.39, 0.29) is 23.1 Å². The lowest BCUT2D eigenvalue weighted by Crippen LogP contribution is -2.43. The smallest absolute Gasteiger partial charge is 0.404 e. The number of hydrogen-bond acceptors (Lipinski definition) is 6. The van der Waals surface area contributed by atoms with Gasteiger partial charge in [0.15, 0.2) is 0 Å². The van der Waals surface area contributed by atoms with E-state index in [2.05, 4.69) is 10.6 Å². The molecule has 186 valence electrons. The summed E-state index contributed by atoms with van der Waals surface area (Å²) in [6.07, 6.45) is 1.31. The number of ether oxygens (including phenoxy) is 1. The summed E-state index contributed by atoms with van der Waals surface area (Å²) in [6.45, 7) is 2.27. The van der Waals surface area contributed by atoms with Gasteiger partial charge >= 0.3 is 6.09 Å². The third kappa shape index (κ3) is 7.34. The molecule has 4 N–H and O–H groups in total. The summed E-state index contributed by atoms with van der Waals surface area (Å²) < 4.78 is 33.7. The normalized spacial score (nSPS) is 15.7. The number of hydrogen-bond donors (Lipinski definition) is 4. The summed E-state index contributed by atoms with van der Waals surface area (Å²) in [7, 11) is -2.25. The molecule has 2 aromatic rings. The Morgan fingerprint density at radius 2 is 1.79 bits per heavy atom. The van der Waals surface area contributed by atoms with Gasteiger partial charge in [-0.3, -0.25) is 0 Å².